The lowest BCUT2D eigenvalue weighted by Crippen LogP contribution is -2.43. The summed E-state index contributed by atoms with van der Waals surface area (Å²) >= 11 is 0. The normalized spacial score (nSPS) is 19.0. The highest BCUT2D eigenvalue weighted by atomic mass is 16.5. The molecule has 0 radical (unpaired) electrons. The molecule has 4 nitrogen and oxygen atoms in total. The first kappa shape index (κ1) is 12.9. The second kappa shape index (κ2) is 5.48. The molecule has 102 valence electrons. The fraction of sp³-hybridized carbons (Fsp3) is 0.375. The van der Waals surface area contributed by atoms with Crippen LogP contribution in [0.3, 0.4) is 0 Å². The van der Waals surface area contributed by atoms with Crippen LogP contribution in [0.25, 0.3) is 10.9 Å². The zero-order chi connectivity index (χ0) is 13.9. The Kier molecular flexibility index (Phi) is 3.53. The van der Waals surface area contributed by atoms with Crippen molar-refractivity contribution >= 4 is 16.7 Å². The highest BCUT2D eigenvalue weighted by Crippen LogP contribution is 2.25. The van der Waals surface area contributed by atoms with E-state index in [0.717, 1.165) is 36.2 Å². The van der Waals surface area contributed by atoms with Crippen LogP contribution >= 0.6 is 0 Å². The molecule has 0 bridgehead atoms. The Morgan fingerprint density at radius 1 is 1.45 bits per heavy atom. The topological polar surface area (TPSA) is 49.2 Å². The average molecular weight is 267 g/mol. The molecule has 1 aromatic heterocycles. The van der Waals surface area contributed by atoms with Gasteiger partial charge in [0, 0.05) is 18.5 Å². The summed E-state index contributed by atoms with van der Waals surface area (Å²) in [7, 11) is 0. The number of hydrogen-bond acceptors (Lipinski definition) is 4. The number of nitriles is 1. The molecule has 1 aromatic carbocycles. The molecule has 0 N–H and O–H groups in total. The first-order valence-electron chi connectivity index (χ1n) is 6.98. The number of benzene rings is 1. The van der Waals surface area contributed by atoms with Gasteiger partial charge in [0.25, 0.3) is 0 Å². The number of aromatic nitrogens is 1. The number of pyridine rings is 1. The molecule has 20 heavy (non-hydrogen) atoms. The zero-order valence-electron chi connectivity index (χ0n) is 11.5. The van der Waals surface area contributed by atoms with E-state index in [1.807, 2.05) is 30.3 Å². The van der Waals surface area contributed by atoms with Gasteiger partial charge in [-0.1, -0.05) is 25.1 Å². The number of para-hydroxylation sites is 1. The molecule has 4 heteroatoms. The van der Waals surface area contributed by atoms with Gasteiger partial charge in [0.15, 0.2) is 0 Å². The van der Waals surface area contributed by atoms with Crippen LogP contribution < -0.4 is 4.90 Å². The fourth-order valence-corrected chi connectivity index (χ4v) is 2.59. The van der Waals surface area contributed by atoms with E-state index in [1.165, 1.54) is 0 Å². The second-order valence-electron chi connectivity index (χ2n) is 5.01. The Balaban J connectivity index is 2.03. The monoisotopic (exact) mass is 267 g/mol. The summed E-state index contributed by atoms with van der Waals surface area (Å²) in [5.41, 5.74) is 1.57. The van der Waals surface area contributed by atoms with Crippen LogP contribution in [-0.2, 0) is 4.74 Å². The number of fused-ring (bicyclic) bond motifs is 1. The maximum Gasteiger partial charge on any atom is 0.147 e. The Morgan fingerprint density at radius 2 is 2.30 bits per heavy atom. The van der Waals surface area contributed by atoms with Crippen molar-refractivity contribution in [2.24, 2.45) is 0 Å². The first-order valence-corrected chi connectivity index (χ1v) is 6.98. The fourth-order valence-electron chi connectivity index (χ4n) is 2.59. The van der Waals surface area contributed by atoms with E-state index >= 15 is 0 Å². The van der Waals surface area contributed by atoms with Crippen molar-refractivity contribution in [3.8, 4) is 6.07 Å². The van der Waals surface area contributed by atoms with E-state index in [1.54, 1.807) is 0 Å². The van der Waals surface area contributed by atoms with Gasteiger partial charge in [-0.05, 0) is 18.6 Å². The second-order valence-corrected chi connectivity index (χ2v) is 5.01. The van der Waals surface area contributed by atoms with E-state index in [2.05, 4.69) is 22.9 Å². The molecule has 2 heterocycles. The van der Waals surface area contributed by atoms with Gasteiger partial charge in [-0.3, -0.25) is 0 Å². The molecule has 3 rings (SSSR count). The van der Waals surface area contributed by atoms with E-state index in [9.17, 15) is 5.26 Å². The molecular formula is C16H17N3O. The van der Waals surface area contributed by atoms with Crippen molar-refractivity contribution < 1.29 is 4.74 Å². The molecule has 1 unspecified atom stereocenters. The molecule has 0 aliphatic carbocycles. The maximum absolute atomic E-state index is 9.38. The van der Waals surface area contributed by atoms with Crippen LogP contribution in [0.15, 0.2) is 30.3 Å². The third kappa shape index (κ3) is 2.33. The Morgan fingerprint density at radius 3 is 3.10 bits per heavy atom. The van der Waals surface area contributed by atoms with Crippen molar-refractivity contribution in [2.45, 2.75) is 19.4 Å². The summed E-state index contributed by atoms with van der Waals surface area (Å²) < 4.78 is 5.69. The molecular weight excluding hydrogens is 250 g/mol. The quantitative estimate of drug-likeness (QED) is 0.839. The van der Waals surface area contributed by atoms with E-state index < -0.39 is 0 Å². The lowest BCUT2D eigenvalue weighted by atomic mass is 10.1. The van der Waals surface area contributed by atoms with Crippen LogP contribution in [0.1, 0.15) is 18.9 Å². The summed E-state index contributed by atoms with van der Waals surface area (Å²) in [5, 5.41) is 10.4. The van der Waals surface area contributed by atoms with Gasteiger partial charge in [-0.15, -0.1) is 0 Å². The lowest BCUT2D eigenvalue weighted by Gasteiger charge is -2.33. The SMILES string of the molecule is CCC1CN(c2nc3ccccc3cc2C#N)CCO1. The van der Waals surface area contributed by atoms with Crippen LogP contribution in [-0.4, -0.2) is 30.8 Å². The molecule has 0 saturated carbocycles. The Labute approximate surface area is 118 Å². The minimum Gasteiger partial charge on any atom is -0.375 e. The molecule has 1 aliphatic rings. The Bertz CT molecular complexity index is 662. The highest BCUT2D eigenvalue weighted by Gasteiger charge is 2.22. The molecule has 2 aromatic rings. The van der Waals surface area contributed by atoms with Gasteiger partial charge in [0.1, 0.15) is 11.9 Å². The van der Waals surface area contributed by atoms with Crippen LogP contribution in [0.4, 0.5) is 5.82 Å². The zero-order valence-corrected chi connectivity index (χ0v) is 11.5. The largest absolute Gasteiger partial charge is 0.375 e. The third-order valence-corrected chi connectivity index (χ3v) is 3.72. The van der Waals surface area contributed by atoms with Gasteiger partial charge in [0.2, 0.25) is 0 Å². The van der Waals surface area contributed by atoms with Crippen molar-refractivity contribution in [3.05, 3.63) is 35.9 Å². The third-order valence-electron chi connectivity index (χ3n) is 3.72. The van der Waals surface area contributed by atoms with Crippen molar-refractivity contribution in [3.63, 3.8) is 0 Å². The van der Waals surface area contributed by atoms with E-state index in [4.69, 9.17) is 4.74 Å². The first-order chi connectivity index (χ1) is 9.81. The minimum atomic E-state index is 0.226. The summed E-state index contributed by atoms with van der Waals surface area (Å²) in [6.45, 7) is 4.40. The molecule has 1 atom stereocenters. The van der Waals surface area contributed by atoms with Gasteiger partial charge < -0.3 is 9.64 Å². The molecule has 1 saturated heterocycles. The van der Waals surface area contributed by atoms with Crippen molar-refractivity contribution in [1.82, 2.24) is 4.98 Å². The summed E-state index contributed by atoms with van der Waals surface area (Å²) in [6.07, 6.45) is 1.20. The molecule has 1 aliphatic heterocycles. The van der Waals surface area contributed by atoms with E-state index in [-0.39, 0.29) is 6.10 Å². The van der Waals surface area contributed by atoms with Crippen LogP contribution in [0.2, 0.25) is 0 Å². The van der Waals surface area contributed by atoms with Crippen molar-refractivity contribution in [1.29, 1.82) is 5.26 Å². The number of anilines is 1. The summed E-state index contributed by atoms with van der Waals surface area (Å²) in [5.74, 6) is 0.785. The van der Waals surface area contributed by atoms with Gasteiger partial charge in [0.05, 0.1) is 23.8 Å². The van der Waals surface area contributed by atoms with Crippen LogP contribution in [0, 0.1) is 11.3 Å². The number of rotatable bonds is 2. The smallest absolute Gasteiger partial charge is 0.147 e. The number of nitrogens with zero attached hydrogens (tertiary/aromatic N) is 3. The van der Waals surface area contributed by atoms with Gasteiger partial charge >= 0.3 is 0 Å². The number of ether oxygens (including phenoxy) is 1. The lowest BCUT2D eigenvalue weighted by molar-refractivity contribution is 0.0382. The maximum atomic E-state index is 9.38. The van der Waals surface area contributed by atoms with Gasteiger partial charge in [-0.25, -0.2) is 4.98 Å². The number of morpholine rings is 1. The predicted molar refractivity (Wildman–Crippen MR) is 78.7 cm³/mol. The molecule has 0 spiro atoms. The predicted octanol–water partition coefficient (Wildman–Crippen LogP) is 2.72. The molecule has 1 fully saturated rings. The van der Waals surface area contributed by atoms with E-state index in [0.29, 0.717) is 12.2 Å². The van der Waals surface area contributed by atoms with Crippen LogP contribution in [0.5, 0.6) is 0 Å². The molecule has 0 amide bonds. The minimum absolute atomic E-state index is 0.226. The van der Waals surface area contributed by atoms with Gasteiger partial charge in [-0.2, -0.15) is 5.26 Å². The van der Waals surface area contributed by atoms with Crippen molar-refractivity contribution in [2.75, 3.05) is 24.6 Å². The highest BCUT2D eigenvalue weighted by molar-refractivity contribution is 5.83. The Hall–Kier alpha value is -2.12. The summed E-state index contributed by atoms with van der Waals surface area (Å²) in [4.78, 5) is 6.86. The number of hydrogen-bond donors (Lipinski definition) is 0. The standard InChI is InChI=1S/C16H17N3O/c1-2-14-11-19(7-8-20-14)16-13(10-17)9-12-5-3-4-6-15(12)18-16/h3-6,9,14H,2,7-8,11H2,1H3. The summed E-state index contributed by atoms with van der Waals surface area (Å²) in [6, 6.07) is 12.1. The average Bonchev–Trinajstić information content (AvgIpc) is 2.53.